The SMILES string of the molecule is OCC1(CO)OB(c2cnn(Cc3ccccc3)c2)OC1(CO)CO. The van der Waals surface area contributed by atoms with E-state index in [1.54, 1.807) is 17.1 Å². The Bertz CT molecular complexity index is 667. The van der Waals surface area contributed by atoms with Gasteiger partial charge in [-0.05, 0) is 5.56 Å². The van der Waals surface area contributed by atoms with Crippen LogP contribution in [0.2, 0.25) is 0 Å². The highest BCUT2D eigenvalue weighted by Crippen LogP contribution is 2.37. The summed E-state index contributed by atoms with van der Waals surface area (Å²) in [7, 11) is -0.969. The topological polar surface area (TPSA) is 117 Å². The van der Waals surface area contributed by atoms with E-state index < -0.39 is 44.7 Å². The third-order valence-electron chi connectivity index (χ3n) is 4.63. The van der Waals surface area contributed by atoms with E-state index in [4.69, 9.17) is 9.31 Å². The Kier molecular flexibility index (Phi) is 5.23. The number of aliphatic hydroxyl groups excluding tert-OH is 4. The van der Waals surface area contributed by atoms with Crippen molar-refractivity contribution in [3.05, 3.63) is 48.3 Å². The molecule has 0 radical (unpaired) electrons. The van der Waals surface area contributed by atoms with E-state index in [2.05, 4.69) is 5.10 Å². The van der Waals surface area contributed by atoms with Gasteiger partial charge < -0.3 is 29.7 Å². The number of hydrogen-bond donors (Lipinski definition) is 4. The van der Waals surface area contributed by atoms with E-state index in [1.807, 2.05) is 30.3 Å². The summed E-state index contributed by atoms with van der Waals surface area (Å²) in [6.45, 7) is -1.89. The molecule has 1 fully saturated rings. The summed E-state index contributed by atoms with van der Waals surface area (Å²) in [4.78, 5) is 0. The summed E-state index contributed by atoms with van der Waals surface area (Å²) in [5, 5.41) is 42.9. The molecule has 3 rings (SSSR count). The Morgan fingerprint density at radius 2 is 1.48 bits per heavy atom. The highest BCUT2D eigenvalue weighted by atomic mass is 16.7. The van der Waals surface area contributed by atoms with Gasteiger partial charge in [0.2, 0.25) is 0 Å². The normalized spacial score (nSPS) is 18.6. The smallest absolute Gasteiger partial charge is 0.394 e. The number of benzene rings is 1. The molecule has 0 saturated carbocycles. The van der Waals surface area contributed by atoms with Crippen LogP contribution in [0.5, 0.6) is 0 Å². The minimum atomic E-state index is -1.61. The van der Waals surface area contributed by atoms with Gasteiger partial charge in [0.05, 0.1) is 33.0 Å². The van der Waals surface area contributed by atoms with E-state index in [-0.39, 0.29) is 0 Å². The quantitative estimate of drug-likeness (QED) is 0.433. The molecule has 4 N–H and O–H groups in total. The number of rotatable bonds is 7. The van der Waals surface area contributed by atoms with Gasteiger partial charge in [0.15, 0.2) is 0 Å². The molecule has 1 aliphatic heterocycles. The second-order valence-electron chi connectivity index (χ2n) is 6.15. The van der Waals surface area contributed by atoms with Crippen LogP contribution in [0.25, 0.3) is 0 Å². The molecule has 134 valence electrons. The zero-order valence-electron chi connectivity index (χ0n) is 13.7. The molecule has 0 spiro atoms. The second-order valence-corrected chi connectivity index (χ2v) is 6.15. The van der Waals surface area contributed by atoms with Crippen LogP contribution in [0.15, 0.2) is 42.7 Å². The lowest BCUT2D eigenvalue weighted by Crippen LogP contribution is -2.61. The molecule has 0 bridgehead atoms. The minimum Gasteiger partial charge on any atom is -0.394 e. The summed E-state index contributed by atoms with van der Waals surface area (Å²) in [5.74, 6) is 0. The van der Waals surface area contributed by atoms with Crippen LogP contribution in [-0.4, -0.2) is 75.0 Å². The molecular formula is C16H21BN2O6. The van der Waals surface area contributed by atoms with Crippen LogP contribution < -0.4 is 5.46 Å². The van der Waals surface area contributed by atoms with Gasteiger partial charge in [0, 0.05) is 17.9 Å². The monoisotopic (exact) mass is 348 g/mol. The molecule has 1 saturated heterocycles. The Morgan fingerprint density at radius 1 is 0.920 bits per heavy atom. The molecule has 2 heterocycles. The molecular weight excluding hydrogens is 327 g/mol. The Balaban J connectivity index is 1.81. The van der Waals surface area contributed by atoms with Gasteiger partial charge in [0.1, 0.15) is 11.2 Å². The maximum Gasteiger partial charge on any atom is 0.498 e. The lowest BCUT2D eigenvalue weighted by molar-refractivity contribution is -0.147. The fraction of sp³-hybridized carbons (Fsp3) is 0.438. The first-order valence-corrected chi connectivity index (χ1v) is 7.97. The number of nitrogens with zero attached hydrogens (tertiary/aromatic N) is 2. The van der Waals surface area contributed by atoms with Crippen molar-refractivity contribution in [1.82, 2.24) is 9.78 Å². The third kappa shape index (κ3) is 3.10. The molecule has 0 atom stereocenters. The summed E-state index contributed by atoms with van der Waals surface area (Å²) in [6.07, 6.45) is 3.28. The van der Waals surface area contributed by atoms with Crippen molar-refractivity contribution >= 4 is 12.6 Å². The molecule has 1 aromatic carbocycles. The average Bonchev–Trinajstić information content (AvgIpc) is 3.25. The minimum absolute atomic E-state index is 0.559. The zero-order valence-corrected chi connectivity index (χ0v) is 13.7. The average molecular weight is 348 g/mol. The van der Waals surface area contributed by atoms with Crippen LogP contribution >= 0.6 is 0 Å². The van der Waals surface area contributed by atoms with Crippen LogP contribution in [0.3, 0.4) is 0 Å². The van der Waals surface area contributed by atoms with Gasteiger partial charge in [0.25, 0.3) is 0 Å². The van der Waals surface area contributed by atoms with E-state index in [9.17, 15) is 20.4 Å². The number of aliphatic hydroxyl groups is 4. The molecule has 1 aliphatic rings. The van der Waals surface area contributed by atoms with Crippen LogP contribution in [0.1, 0.15) is 5.56 Å². The van der Waals surface area contributed by atoms with Crippen molar-refractivity contribution in [2.24, 2.45) is 0 Å². The van der Waals surface area contributed by atoms with Gasteiger partial charge in [-0.15, -0.1) is 0 Å². The summed E-state index contributed by atoms with van der Waals surface area (Å²) in [6, 6.07) is 9.78. The summed E-state index contributed by atoms with van der Waals surface area (Å²) >= 11 is 0. The zero-order chi connectivity index (χ0) is 17.9. The van der Waals surface area contributed by atoms with Crippen molar-refractivity contribution in [3.8, 4) is 0 Å². The first-order valence-electron chi connectivity index (χ1n) is 7.97. The standard InChI is InChI=1S/C16H21BN2O6/c20-9-15(10-21)16(11-22,12-23)25-17(24-15)14-6-18-19(8-14)7-13-4-2-1-3-5-13/h1-6,8,20-23H,7,9-12H2. The Labute approximate surface area is 145 Å². The molecule has 1 aromatic heterocycles. The van der Waals surface area contributed by atoms with Gasteiger partial charge >= 0.3 is 7.12 Å². The highest BCUT2D eigenvalue weighted by Gasteiger charge is 2.62. The molecule has 9 heteroatoms. The Hall–Kier alpha value is -1.75. The molecule has 0 aliphatic carbocycles. The number of aromatic nitrogens is 2. The van der Waals surface area contributed by atoms with Gasteiger partial charge in [-0.1, -0.05) is 30.3 Å². The molecule has 0 unspecified atom stereocenters. The van der Waals surface area contributed by atoms with Crippen LogP contribution in [0, 0.1) is 0 Å². The first kappa shape index (κ1) is 18.1. The van der Waals surface area contributed by atoms with Crippen molar-refractivity contribution in [2.75, 3.05) is 26.4 Å². The molecule has 8 nitrogen and oxygen atoms in total. The van der Waals surface area contributed by atoms with E-state index in [1.165, 1.54) is 0 Å². The highest BCUT2D eigenvalue weighted by molar-refractivity contribution is 6.62. The van der Waals surface area contributed by atoms with Crippen molar-refractivity contribution < 1.29 is 29.7 Å². The molecule has 25 heavy (non-hydrogen) atoms. The predicted molar refractivity (Wildman–Crippen MR) is 89.1 cm³/mol. The fourth-order valence-electron chi connectivity index (χ4n) is 2.97. The van der Waals surface area contributed by atoms with Crippen LogP contribution in [0.4, 0.5) is 0 Å². The fourth-order valence-corrected chi connectivity index (χ4v) is 2.97. The lowest BCUT2D eigenvalue weighted by Gasteiger charge is -2.39. The van der Waals surface area contributed by atoms with Gasteiger partial charge in [-0.3, -0.25) is 4.68 Å². The maximum atomic E-state index is 9.67. The number of hydrogen-bond acceptors (Lipinski definition) is 7. The maximum absolute atomic E-state index is 9.67. The van der Waals surface area contributed by atoms with Crippen molar-refractivity contribution in [3.63, 3.8) is 0 Å². The van der Waals surface area contributed by atoms with Crippen molar-refractivity contribution in [2.45, 2.75) is 17.7 Å². The van der Waals surface area contributed by atoms with E-state index in [0.29, 0.717) is 12.0 Å². The summed E-state index contributed by atoms with van der Waals surface area (Å²) in [5.41, 5.74) is -1.58. The van der Waals surface area contributed by atoms with Crippen molar-refractivity contribution in [1.29, 1.82) is 0 Å². The van der Waals surface area contributed by atoms with E-state index in [0.717, 1.165) is 5.56 Å². The van der Waals surface area contributed by atoms with E-state index >= 15 is 0 Å². The summed E-state index contributed by atoms with van der Waals surface area (Å²) < 4.78 is 13.1. The van der Waals surface area contributed by atoms with Crippen LogP contribution in [-0.2, 0) is 15.9 Å². The molecule has 2 aromatic rings. The van der Waals surface area contributed by atoms with Gasteiger partial charge in [-0.25, -0.2) is 0 Å². The second kappa shape index (κ2) is 7.24. The Morgan fingerprint density at radius 3 is 2.00 bits per heavy atom. The largest absolute Gasteiger partial charge is 0.498 e. The van der Waals surface area contributed by atoms with Gasteiger partial charge in [-0.2, -0.15) is 5.10 Å². The predicted octanol–water partition coefficient (Wildman–Crippen LogP) is -1.88. The third-order valence-corrected chi connectivity index (χ3v) is 4.63. The first-order chi connectivity index (χ1) is 12.1. The molecule has 0 amide bonds. The lowest BCUT2D eigenvalue weighted by atomic mass is 9.82.